The van der Waals surface area contributed by atoms with Crippen molar-refractivity contribution < 1.29 is 19.1 Å². The molecule has 1 heterocycles. The molecule has 0 bridgehead atoms. The smallest absolute Gasteiger partial charge is 0.262 e. The van der Waals surface area contributed by atoms with Crippen LogP contribution in [0.5, 0.6) is 11.5 Å². The van der Waals surface area contributed by atoms with E-state index in [0.29, 0.717) is 23.7 Å². The minimum absolute atomic E-state index is 0.0162. The topological polar surface area (TPSA) is 67.9 Å². The fourth-order valence-electron chi connectivity index (χ4n) is 4.61. The Hall–Kier alpha value is -3.80. The Morgan fingerprint density at radius 2 is 1.85 bits per heavy atom. The van der Waals surface area contributed by atoms with E-state index in [-0.39, 0.29) is 31.1 Å². The number of para-hydroxylation sites is 1. The maximum absolute atomic E-state index is 13.0. The maximum Gasteiger partial charge on any atom is 0.262 e. The molecule has 33 heavy (non-hydrogen) atoms. The standard InChI is InChI=1S/C27H26N2O4/c30-26(17-32-22-9-2-1-3-10-22)28-21-13-14-25-20(15-21)16-29(27(31)18-33-25)24-12-6-8-19-7-4-5-11-23(19)24/h1-5,7,9-11,13-15,24H,6,8,12,16-18H2,(H,28,30). The van der Waals surface area contributed by atoms with Crippen molar-refractivity contribution in [3.8, 4) is 11.5 Å². The van der Waals surface area contributed by atoms with Crippen LogP contribution in [-0.4, -0.2) is 29.9 Å². The molecule has 0 aromatic heterocycles. The molecule has 168 valence electrons. The van der Waals surface area contributed by atoms with Gasteiger partial charge in [-0.15, -0.1) is 0 Å². The number of carbonyl (C=O) groups is 2. The Morgan fingerprint density at radius 3 is 2.73 bits per heavy atom. The zero-order valence-corrected chi connectivity index (χ0v) is 18.3. The van der Waals surface area contributed by atoms with Crippen LogP contribution in [0.4, 0.5) is 5.69 Å². The quantitative estimate of drug-likeness (QED) is 0.632. The summed E-state index contributed by atoms with van der Waals surface area (Å²) in [5, 5.41) is 2.88. The molecule has 0 radical (unpaired) electrons. The van der Waals surface area contributed by atoms with Gasteiger partial charge in [0.25, 0.3) is 11.8 Å². The SMILES string of the molecule is O=C(COc1ccccc1)Nc1ccc2c(c1)CN(C1CCCc3ccccc31)C(=O)CO2. The van der Waals surface area contributed by atoms with Gasteiger partial charge in [0.1, 0.15) is 11.5 Å². The Bertz CT molecular complexity index is 1160. The van der Waals surface area contributed by atoms with Gasteiger partial charge in [-0.05, 0) is 60.7 Å². The molecule has 1 aliphatic heterocycles. The number of anilines is 1. The molecule has 0 spiro atoms. The molecule has 5 rings (SSSR count). The third kappa shape index (κ3) is 4.70. The Labute approximate surface area is 193 Å². The highest BCUT2D eigenvalue weighted by molar-refractivity contribution is 5.92. The summed E-state index contributed by atoms with van der Waals surface area (Å²) in [7, 11) is 0. The van der Waals surface area contributed by atoms with Crippen LogP contribution < -0.4 is 14.8 Å². The summed E-state index contributed by atoms with van der Waals surface area (Å²) < 4.78 is 11.3. The van der Waals surface area contributed by atoms with E-state index < -0.39 is 0 Å². The lowest BCUT2D eigenvalue weighted by Crippen LogP contribution is -2.37. The summed E-state index contributed by atoms with van der Waals surface area (Å²) in [5.74, 6) is 1.05. The van der Waals surface area contributed by atoms with Gasteiger partial charge in [-0.2, -0.15) is 0 Å². The number of benzene rings is 3. The molecule has 6 nitrogen and oxygen atoms in total. The van der Waals surface area contributed by atoms with Gasteiger partial charge in [0.2, 0.25) is 0 Å². The Morgan fingerprint density at radius 1 is 1.03 bits per heavy atom. The lowest BCUT2D eigenvalue weighted by molar-refractivity contribution is -0.136. The maximum atomic E-state index is 13.0. The zero-order chi connectivity index (χ0) is 22.6. The van der Waals surface area contributed by atoms with Gasteiger partial charge in [-0.25, -0.2) is 0 Å². The molecular formula is C27H26N2O4. The second-order valence-electron chi connectivity index (χ2n) is 8.39. The number of nitrogens with one attached hydrogen (secondary N) is 1. The number of ether oxygens (including phenoxy) is 2. The van der Waals surface area contributed by atoms with E-state index in [4.69, 9.17) is 9.47 Å². The molecular weight excluding hydrogens is 416 g/mol. The van der Waals surface area contributed by atoms with Crippen molar-refractivity contribution in [1.82, 2.24) is 4.90 Å². The Kier molecular flexibility index (Phi) is 5.98. The molecule has 2 aliphatic rings. The summed E-state index contributed by atoms with van der Waals surface area (Å²) in [6, 6.07) is 23.1. The largest absolute Gasteiger partial charge is 0.484 e. The van der Waals surface area contributed by atoms with Gasteiger partial charge < -0.3 is 19.7 Å². The molecule has 6 heteroatoms. The second-order valence-corrected chi connectivity index (χ2v) is 8.39. The first-order valence-electron chi connectivity index (χ1n) is 11.3. The summed E-state index contributed by atoms with van der Waals surface area (Å²) in [6.45, 7) is 0.376. The monoisotopic (exact) mass is 442 g/mol. The number of nitrogens with zero attached hydrogens (tertiary/aromatic N) is 1. The first-order chi connectivity index (χ1) is 16.2. The van der Waals surface area contributed by atoms with E-state index in [9.17, 15) is 9.59 Å². The number of aryl methyl sites for hydroxylation is 1. The molecule has 1 aliphatic carbocycles. The van der Waals surface area contributed by atoms with Gasteiger partial charge in [-0.3, -0.25) is 9.59 Å². The molecule has 1 unspecified atom stereocenters. The number of carbonyl (C=O) groups excluding carboxylic acids is 2. The van der Waals surface area contributed by atoms with Crippen molar-refractivity contribution in [1.29, 1.82) is 0 Å². The molecule has 3 aromatic carbocycles. The number of hydrogen-bond acceptors (Lipinski definition) is 4. The summed E-state index contributed by atoms with van der Waals surface area (Å²) in [5.41, 5.74) is 4.07. The van der Waals surface area contributed by atoms with Crippen molar-refractivity contribution in [3.05, 3.63) is 89.5 Å². The second kappa shape index (κ2) is 9.36. The highest BCUT2D eigenvalue weighted by Gasteiger charge is 2.32. The third-order valence-corrected chi connectivity index (χ3v) is 6.18. The average Bonchev–Trinajstić information content (AvgIpc) is 3.01. The lowest BCUT2D eigenvalue weighted by atomic mass is 9.86. The van der Waals surface area contributed by atoms with E-state index in [1.807, 2.05) is 53.4 Å². The normalized spacial score (nSPS) is 17.3. The van der Waals surface area contributed by atoms with E-state index in [2.05, 4.69) is 23.5 Å². The number of fused-ring (bicyclic) bond motifs is 2. The van der Waals surface area contributed by atoms with E-state index in [0.717, 1.165) is 24.8 Å². The summed E-state index contributed by atoms with van der Waals surface area (Å²) in [6.07, 6.45) is 3.03. The van der Waals surface area contributed by atoms with Crippen molar-refractivity contribution in [2.24, 2.45) is 0 Å². The van der Waals surface area contributed by atoms with Crippen LogP contribution in [0, 0.1) is 0 Å². The molecule has 0 saturated carbocycles. The first-order valence-corrected chi connectivity index (χ1v) is 11.3. The lowest BCUT2D eigenvalue weighted by Gasteiger charge is -2.35. The van der Waals surface area contributed by atoms with Crippen LogP contribution >= 0.6 is 0 Å². The minimum atomic E-state index is -0.248. The molecule has 1 N–H and O–H groups in total. The molecule has 3 aromatic rings. The van der Waals surface area contributed by atoms with Gasteiger partial charge in [0.05, 0.1) is 12.6 Å². The van der Waals surface area contributed by atoms with Gasteiger partial charge in [0, 0.05) is 11.3 Å². The molecule has 0 fully saturated rings. The molecule has 2 amide bonds. The van der Waals surface area contributed by atoms with Crippen molar-refractivity contribution >= 4 is 17.5 Å². The predicted octanol–water partition coefficient (Wildman–Crippen LogP) is 4.50. The minimum Gasteiger partial charge on any atom is -0.484 e. The predicted molar refractivity (Wildman–Crippen MR) is 125 cm³/mol. The van der Waals surface area contributed by atoms with Crippen LogP contribution in [0.1, 0.15) is 35.6 Å². The van der Waals surface area contributed by atoms with Crippen LogP contribution in [-0.2, 0) is 22.6 Å². The summed E-state index contributed by atoms with van der Waals surface area (Å²) in [4.78, 5) is 27.3. The zero-order valence-electron chi connectivity index (χ0n) is 18.3. The van der Waals surface area contributed by atoms with Crippen LogP contribution in [0.25, 0.3) is 0 Å². The van der Waals surface area contributed by atoms with Crippen molar-refractivity contribution in [2.75, 3.05) is 18.5 Å². The highest BCUT2D eigenvalue weighted by atomic mass is 16.5. The van der Waals surface area contributed by atoms with Gasteiger partial charge in [-0.1, -0.05) is 42.5 Å². The third-order valence-electron chi connectivity index (χ3n) is 6.18. The van der Waals surface area contributed by atoms with Gasteiger partial charge in [0.15, 0.2) is 13.2 Å². The number of hydrogen-bond donors (Lipinski definition) is 1. The fourth-order valence-corrected chi connectivity index (χ4v) is 4.61. The summed E-state index contributed by atoms with van der Waals surface area (Å²) >= 11 is 0. The number of rotatable bonds is 5. The van der Waals surface area contributed by atoms with Crippen LogP contribution in [0.2, 0.25) is 0 Å². The van der Waals surface area contributed by atoms with Crippen molar-refractivity contribution in [2.45, 2.75) is 31.8 Å². The highest BCUT2D eigenvalue weighted by Crippen LogP contribution is 2.37. The first kappa shape index (κ1) is 21.1. The van der Waals surface area contributed by atoms with E-state index >= 15 is 0 Å². The Balaban J connectivity index is 1.32. The average molecular weight is 443 g/mol. The number of amides is 2. The fraction of sp³-hybridized carbons (Fsp3) is 0.259. The van der Waals surface area contributed by atoms with Crippen molar-refractivity contribution in [3.63, 3.8) is 0 Å². The van der Waals surface area contributed by atoms with Gasteiger partial charge >= 0.3 is 0 Å². The van der Waals surface area contributed by atoms with E-state index in [1.165, 1.54) is 11.1 Å². The van der Waals surface area contributed by atoms with Crippen LogP contribution in [0.15, 0.2) is 72.8 Å². The van der Waals surface area contributed by atoms with Crippen LogP contribution in [0.3, 0.4) is 0 Å². The van der Waals surface area contributed by atoms with E-state index in [1.54, 1.807) is 6.07 Å². The molecule has 1 atom stereocenters. The molecule has 0 saturated heterocycles.